The highest BCUT2D eigenvalue weighted by molar-refractivity contribution is 5.89. The molecule has 0 aliphatic rings. The molecule has 0 saturated carbocycles. The third kappa shape index (κ3) is 3.52. The van der Waals surface area contributed by atoms with Crippen molar-refractivity contribution in [3.8, 4) is 0 Å². The maximum atomic E-state index is 12.2. The summed E-state index contributed by atoms with van der Waals surface area (Å²) in [7, 11) is 3.50. The predicted molar refractivity (Wildman–Crippen MR) is 51.2 cm³/mol. The first-order chi connectivity index (χ1) is 7.71. The van der Waals surface area contributed by atoms with Gasteiger partial charge in [0.05, 0.1) is 6.54 Å². The van der Waals surface area contributed by atoms with Crippen molar-refractivity contribution in [2.45, 2.75) is 25.6 Å². The van der Waals surface area contributed by atoms with Crippen molar-refractivity contribution >= 4 is 5.78 Å². The molecular weight excluding hydrogens is 239 g/mol. The van der Waals surface area contributed by atoms with E-state index in [-0.39, 0.29) is 11.7 Å². The summed E-state index contributed by atoms with van der Waals surface area (Å²) in [5.41, 5.74) is 0. The van der Waals surface area contributed by atoms with Crippen molar-refractivity contribution in [2.24, 2.45) is 0 Å². The van der Waals surface area contributed by atoms with Crippen LogP contribution in [-0.2, 0) is 11.3 Å². The van der Waals surface area contributed by atoms with E-state index in [1.807, 2.05) is 0 Å². The number of nitrogens with zero attached hydrogens (tertiary/aromatic N) is 3. The minimum atomic E-state index is -4.89. The third-order valence-corrected chi connectivity index (χ3v) is 1.98. The molecule has 1 aromatic heterocycles. The maximum absolute atomic E-state index is 12.2. The van der Waals surface area contributed by atoms with Crippen molar-refractivity contribution in [1.29, 1.82) is 0 Å². The lowest BCUT2D eigenvalue weighted by molar-refractivity contribution is -0.172. The predicted octanol–water partition coefficient (Wildman–Crippen LogP) is 1.37. The van der Waals surface area contributed by atoms with E-state index in [1.165, 1.54) is 0 Å². The maximum Gasteiger partial charge on any atom is 0.450 e. The fourth-order valence-electron chi connectivity index (χ4n) is 1.15. The Morgan fingerprint density at radius 2 is 2.06 bits per heavy atom. The summed E-state index contributed by atoms with van der Waals surface area (Å²) >= 11 is 0. The van der Waals surface area contributed by atoms with Crippen molar-refractivity contribution in [1.82, 2.24) is 15.0 Å². The van der Waals surface area contributed by atoms with E-state index in [4.69, 9.17) is 0 Å². The summed E-state index contributed by atoms with van der Waals surface area (Å²) < 4.78 is 41.1. The Balaban J connectivity index is 2.80. The van der Waals surface area contributed by atoms with E-state index in [9.17, 15) is 18.0 Å². The van der Waals surface area contributed by atoms with Gasteiger partial charge in [-0.3, -0.25) is 4.79 Å². The minimum absolute atomic E-state index is 0.242. The van der Waals surface area contributed by atoms with Crippen molar-refractivity contribution < 1.29 is 22.5 Å². The van der Waals surface area contributed by atoms with Crippen LogP contribution in [0.2, 0.25) is 0 Å². The number of carbonyl (C=O) groups excluding carboxylic acids is 1. The molecule has 5 nitrogen and oxygen atoms in total. The monoisotopic (exact) mass is 251 g/mol. The molecule has 0 aliphatic carbocycles. The topological polar surface area (TPSA) is 59.2 Å². The quantitative estimate of drug-likeness (QED) is 0.808. The van der Waals surface area contributed by atoms with Gasteiger partial charge in [-0.25, -0.2) is 0 Å². The summed E-state index contributed by atoms with van der Waals surface area (Å²) in [5, 5.41) is 3.49. The number of Topliss-reactive ketones (excluding diaryl/α,β-unsaturated/α-hetero) is 1. The van der Waals surface area contributed by atoms with Gasteiger partial charge in [0.25, 0.3) is 0 Å². The highest BCUT2D eigenvalue weighted by atomic mass is 19.4. The Hall–Kier alpha value is -1.44. The SMILES string of the molecule is CC(C(=O)C(F)(F)F)c1nc(CN(C)C)no1. The Labute approximate surface area is 95.6 Å². The van der Waals surface area contributed by atoms with Crippen LogP contribution in [0.15, 0.2) is 4.52 Å². The van der Waals surface area contributed by atoms with Crippen LogP contribution in [0.4, 0.5) is 13.2 Å². The highest BCUT2D eigenvalue weighted by Crippen LogP contribution is 2.26. The fourth-order valence-corrected chi connectivity index (χ4v) is 1.15. The van der Waals surface area contributed by atoms with Gasteiger partial charge in [0, 0.05) is 0 Å². The molecule has 0 aliphatic heterocycles. The van der Waals surface area contributed by atoms with Gasteiger partial charge in [0.15, 0.2) is 5.82 Å². The second kappa shape index (κ2) is 4.82. The Bertz CT molecular complexity index is 400. The third-order valence-electron chi connectivity index (χ3n) is 1.98. The standard InChI is InChI=1S/C9H12F3N3O2/c1-5(7(16)9(10,11)12)8-13-6(14-17-8)4-15(2)3/h5H,4H2,1-3H3. The number of rotatable bonds is 4. The van der Waals surface area contributed by atoms with Crippen LogP contribution >= 0.6 is 0 Å². The lowest BCUT2D eigenvalue weighted by atomic mass is 10.1. The smallest absolute Gasteiger partial charge is 0.339 e. The van der Waals surface area contributed by atoms with Crippen LogP contribution in [0, 0.1) is 0 Å². The Kier molecular flexibility index (Phi) is 3.87. The molecular formula is C9H12F3N3O2. The van der Waals surface area contributed by atoms with E-state index in [0.29, 0.717) is 6.54 Å². The first-order valence-corrected chi connectivity index (χ1v) is 4.80. The molecule has 1 unspecified atom stereocenters. The normalized spacial score (nSPS) is 14.1. The zero-order valence-electron chi connectivity index (χ0n) is 9.58. The molecule has 0 bridgehead atoms. The second-order valence-corrected chi connectivity index (χ2v) is 3.87. The average molecular weight is 251 g/mol. The number of alkyl halides is 3. The van der Waals surface area contributed by atoms with Crippen molar-refractivity contribution in [3.05, 3.63) is 11.7 Å². The summed E-state index contributed by atoms with van der Waals surface area (Å²) in [6, 6.07) is 0. The second-order valence-electron chi connectivity index (χ2n) is 3.87. The summed E-state index contributed by atoms with van der Waals surface area (Å²) in [6.45, 7) is 1.42. The first-order valence-electron chi connectivity index (χ1n) is 4.80. The zero-order chi connectivity index (χ0) is 13.2. The van der Waals surface area contributed by atoms with Gasteiger partial charge in [0.1, 0.15) is 5.92 Å². The van der Waals surface area contributed by atoms with Gasteiger partial charge in [-0.15, -0.1) is 0 Å². The van der Waals surface area contributed by atoms with Gasteiger partial charge in [0.2, 0.25) is 11.7 Å². The van der Waals surface area contributed by atoms with Gasteiger partial charge in [-0.1, -0.05) is 5.16 Å². The molecule has 1 heterocycles. The van der Waals surface area contributed by atoms with Crippen LogP contribution in [0.5, 0.6) is 0 Å². The molecule has 8 heteroatoms. The lowest BCUT2D eigenvalue weighted by Gasteiger charge is -2.08. The molecule has 1 atom stereocenters. The fraction of sp³-hybridized carbons (Fsp3) is 0.667. The Morgan fingerprint density at radius 1 is 1.47 bits per heavy atom. The molecule has 0 saturated heterocycles. The number of ketones is 1. The van der Waals surface area contributed by atoms with Crippen LogP contribution in [-0.4, -0.2) is 41.1 Å². The van der Waals surface area contributed by atoms with E-state index in [2.05, 4.69) is 14.7 Å². The van der Waals surface area contributed by atoms with Gasteiger partial charge in [-0.2, -0.15) is 18.2 Å². The Morgan fingerprint density at radius 3 is 2.53 bits per heavy atom. The first kappa shape index (κ1) is 13.6. The number of hydrogen-bond donors (Lipinski definition) is 0. The van der Waals surface area contributed by atoms with Gasteiger partial charge >= 0.3 is 6.18 Å². The van der Waals surface area contributed by atoms with Crippen LogP contribution in [0.3, 0.4) is 0 Å². The van der Waals surface area contributed by atoms with Crippen LogP contribution < -0.4 is 0 Å². The number of halogens is 3. The number of aromatic nitrogens is 2. The number of hydrogen-bond acceptors (Lipinski definition) is 5. The summed E-state index contributed by atoms with van der Waals surface area (Å²) in [6.07, 6.45) is -4.89. The van der Waals surface area contributed by atoms with Crippen molar-refractivity contribution in [3.63, 3.8) is 0 Å². The molecule has 0 spiro atoms. The summed E-state index contributed by atoms with van der Waals surface area (Å²) in [4.78, 5) is 16.4. The lowest BCUT2D eigenvalue weighted by Crippen LogP contribution is -2.27. The van der Waals surface area contributed by atoms with Crippen LogP contribution in [0.1, 0.15) is 24.6 Å². The molecule has 0 radical (unpaired) electrons. The van der Waals surface area contributed by atoms with Crippen molar-refractivity contribution in [2.75, 3.05) is 14.1 Å². The van der Waals surface area contributed by atoms with Gasteiger partial charge < -0.3 is 9.42 Å². The zero-order valence-corrected chi connectivity index (χ0v) is 9.58. The molecule has 0 amide bonds. The van der Waals surface area contributed by atoms with E-state index in [1.54, 1.807) is 19.0 Å². The highest BCUT2D eigenvalue weighted by Gasteiger charge is 2.43. The minimum Gasteiger partial charge on any atom is -0.339 e. The molecule has 1 rings (SSSR count). The van der Waals surface area contributed by atoms with Gasteiger partial charge in [-0.05, 0) is 21.0 Å². The molecule has 1 aromatic rings. The molecule has 0 aromatic carbocycles. The molecule has 17 heavy (non-hydrogen) atoms. The van der Waals surface area contributed by atoms with E-state index < -0.39 is 17.9 Å². The largest absolute Gasteiger partial charge is 0.450 e. The van der Waals surface area contributed by atoms with E-state index in [0.717, 1.165) is 6.92 Å². The molecule has 0 N–H and O–H groups in total. The van der Waals surface area contributed by atoms with Crippen LogP contribution in [0.25, 0.3) is 0 Å². The van der Waals surface area contributed by atoms with E-state index >= 15 is 0 Å². The average Bonchev–Trinajstić information content (AvgIpc) is 2.61. The molecule has 0 fully saturated rings. The number of carbonyl (C=O) groups is 1. The molecule has 96 valence electrons. The summed E-state index contributed by atoms with van der Waals surface area (Å²) in [5.74, 6) is -3.44.